The van der Waals surface area contributed by atoms with E-state index in [0.29, 0.717) is 28.9 Å². The van der Waals surface area contributed by atoms with E-state index in [1.807, 2.05) is 51.1 Å². The zero-order valence-electron chi connectivity index (χ0n) is 15.5. The Morgan fingerprint density at radius 2 is 1.77 bits per heavy atom. The molecule has 3 rings (SSSR count). The maximum atomic E-state index is 12.5. The van der Waals surface area contributed by atoms with Gasteiger partial charge in [0.15, 0.2) is 6.10 Å². The first-order valence-electron chi connectivity index (χ1n) is 8.75. The largest absolute Gasteiger partial charge is 0.482 e. The smallest absolute Gasteiger partial charge is 0.339 e. The second-order valence-electron chi connectivity index (χ2n) is 6.40. The van der Waals surface area contributed by atoms with Gasteiger partial charge in [-0.25, -0.2) is 4.79 Å². The van der Waals surface area contributed by atoms with E-state index < -0.39 is 6.10 Å². The molecular weight excluding hydrogens is 328 g/mol. The minimum atomic E-state index is -0.642. The highest BCUT2D eigenvalue weighted by Crippen LogP contribution is 2.30. The van der Waals surface area contributed by atoms with Crippen LogP contribution >= 0.6 is 0 Å². The van der Waals surface area contributed by atoms with Crippen LogP contribution in [0.2, 0.25) is 0 Å². The van der Waals surface area contributed by atoms with Crippen molar-refractivity contribution < 1.29 is 13.9 Å². The molecule has 0 fully saturated rings. The summed E-state index contributed by atoms with van der Waals surface area (Å²) in [4.78, 5) is 24.7. The normalized spacial score (nSPS) is 12.2. The van der Waals surface area contributed by atoms with E-state index >= 15 is 0 Å². The lowest BCUT2D eigenvalue weighted by Gasteiger charge is -2.17. The van der Waals surface area contributed by atoms with Crippen molar-refractivity contribution in [3.63, 3.8) is 0 Å². The van der Waals surface area contributed by atoms with Gasteiger partial charge in [0.2, 0.25) is 5.78 Å². The van der Waals surface area contributed by atoms with Gasteiger partial charge in [-0.15, -0.1) is 0 Å². The molecule has 0 aliphatic rings. The van der Waals surface area contributed by atoms with Crippen LogP contribution < -0.4 is 10.4 Å². The molecule has 0 radical (unpaired) electrons. The van der Waals surface area contributed by atoms with Gasteiger partial charge in [-0.1, -0.05) is 37.3 Å². The highest BCUT2D eigenvalue weighted by atomic mass is 16.5. The van der Waals surface area contributed by atoms with Gasteiger partial charge in [0.25, 0.3) is 0 Å². The third kappa shape index (κ3) is 3.15. The highest BCUT2D eigenvalue weighted by molar-refractivity contribution is 5.99. The Hall–Kier alpha value is -2.88. The predicted octanol–water partition coefficient (Wildman–Crippen LogP) is 4.62. The van der Waals surface area contributed by atoms with Crippen molar-refractivity contribution in [3.8, 4) is 5.75 Å². The molecule has 0 saturated carbocycles. The predicted molar refractivity (Wildman–Crippen MR) is 102 cm³/mol. The number of benzene rings is 2. The molecule has 1 atom stereocenters. The first-order chi connectivity index (χ1) is 12.4. The maximum Gasteiger partial charge on any atom is 0.339 e. The minimum Gasteiger partial charge on any atom is -0.482 e. The minimum absolute atomic E-state index is 0.0935. The first kappa shape index (κ1) is 17.9. The van der Waals surface area contributed by atoms with E-state index in [0.717, 1.165) is 16.5 Å². The van der Waals surface area contributed by atoms with E-state index in [9.17, 15) is 9.59 Å². The standard InChI is InChI=1S/C22H22O4/c1-5-17-13(2)18-11-12-19(14(3)21(18)26-22(17)24)25-15(4)20(23)16-9-7-6-8-10-16/h6-12,15H,5H2,1-4H3/t15-/m1/s1. The van der Waals surface area contributed by atoms with E-state index in [-0.39, 0.29) is 11.4 Å². The van der Waals surface area contributed by atoms with Crippen LogP contribution in [-0.2, 0) is 6.42 Å². The molecule has 2 aromatic carbocycles. The molecule has 0 amide bonds. The van der Waals surface area contributed by atoms with Crippen LogP contribution in [0.1, 0.15) is 40.9 Å². The number of hydrogen-bond acceptors (Lipinski definition) is 4. The van der Waals surface area contributed by atoms with Crippen LogP contribution in [0.25, 0.3) is 11.0 Å². The number of ketones is 1. The highest BCUT2D eigenvalue weighted by Gasteiger charge is 2.19. The molecule has 0 unspecified atom stereocenters. The second-order valence-corrected chi connectivity index (χ2v) is 6.40. The van der Waals surface area contributed by atoms with Crippen molar-refractivity contribution in [1.82, 2.24) is 0 Å². The third-order valence-corrected chi connectivity index (χ3v) is 4.74. The molecule has 0 saturated heterocycles. The van der Waals surface area contributed by atoms with E-state index in [2.05, 4.69) is 0 Å². The molecule has 0 spiro atoms. The summed E-state index contributed by atoms with van der Waals surface area (Å²) >= 11 is 0. The number of fused-ring (bicyclic) bond motifs is 1. The Kier molecular flexibility index (Phi) is 4.94. The maximum absolute atomic E-state index is 12.5. The van der Waals surface area contributed by atoms with Crippen molar-refractivity contribution in [2.24, 2.45) is 0 Å². The average molecular weight is 350 g/mol. The van der Waals surface area contributed by atoms with E-state index in [4.69, 9.17) is 9.15 Å². The molecule has 0 bridgehead atoms. The fourth-order valence-corrected chi connectivity index (χ4v) is 3.19. The van der Waals surface area contributed by atoms with Gasteiger partial charge < -0.3 is 9.15 Å². The molecule has 3 aromatic rings. The Bertz CT molecular complexity index is 1020. The van der Waals surface area contributed by atoms with E-state index in [1.165, 1.54) is 0 Å². The summed E-state index contributed by atoms with van der Waals surface area (Å²) < 4.78 is 11.4. The van der Waals surface area contributed by atoms with Crippen LogP contribution in [0.3, 0.4) is 0 Å². The van der Waals surface area contributed by atoms with Crippen LogP contribution in [0.15, 0.2) is 51.7 Å². The number of hydrogen-bond donors (Lipinski definition) is 0. The Morgan fingerprint density at radius 1 is 1.08 bits per heavy atom. The summed E-state index contributed by atoms with van der Waals surface area (Å²) in [6.07, 6.45) is -0.0133. The van der Waals surface area contributed by atoms with Gasteiger partial charge in [-0.3, -0.25) is 4.79 Å². The first-order valence-corrected chi connectivity index (χ1v) is 8.75. The topological polar surface area (TPSA) is 56.5 Å². The van der Waals surface area contributed by atoms with Crippen molar-refractivity contribution in [1.29, 1.82) is 0 Å². The van der Waals surface area contributed by atoms with Gasteiger partial charge in [-0.2, -0.15) is 0 Å². The zero-order valence-corrected chi connectivity index (χ0v) is 15.5. The van der Waals surface area contributed by atoms with Gasteiger partial charge in [0.05, 0.1) is 0 Å². The average Bonchev–Trinajstić information content (AvgIpc) is 2.65. The molecular formula is C22H22O4. The fraction of sp³-hybridized carbons (Fsp3) is 0.273. The second kappa shape index (κ2) is 7.16. The van der Waals surface area contributed by atoms with E-state index in [1.54, 1.807) is 19.1 Å². The lowest BCUT2D eigenvalue weighted by molar-refractivity contribution is 0.0817. The Labute approximate surface area is 152 Å². The Balaban J connectivity index is 1.98. The van der Waals surface area contributed by atoms with Gasteiger partial charge in [-0.05, 0) is 44.9 Å². The quantitative estimate of drug-likeness (QED) is 0.497. The van der Waals surface area contributed by atoms with Crippen LogP contribution in [0.4, 0.5) is 0 Å². The molecule has 4 nitrogen and oxygen atoms in total. The number of Topliss-reactive ketones (excluding diaryl/α,β-unsaturated/α-hetero) is 1. The van der Waals surface area contributed by atoms with Gasteiger partial charge in [0, 0.05) is 22.1 Å². The number of carbonyl (C=O) groups is 1. The summed E-state index contributed by atoms with van der Waals surface area (Å²) in [5.41, 5.74) is 3.15. The van der Waals surface area contributed by atoms with Crippen LogP contribution in [0, 0.1) is 13.8 Å². The van der Waals surface area contributed by atoms with Gasteiger partial charge >= 0.3 is 5.63 Å². The molecule has 1 heterocycles. The molecule has 134 valence electrons. The number of ether oxygens (including phenoxy) is 1. The monoisotopic (exact) mass is 350 g/mol. The number of aryl methyl sites for hydroxylation is 2. The summed E-state index contributed by atoms with van der Waals surface area (Å²) in [6, 6.07) is 12.8. The molecule has 26 heavy (non-hydrogen) atoms. The van der Waals surface area contributed by atoms with Crippen molar-refractivity contribution in [2.75, 3.05) is 0 Å². The van der Waals surface area contributed by atoms with Gasteiger partial charge in [0.1, 0.15) is 11.3 Å². The van der Waals surface area contributed by atoms with Crippen LogP contribution in [-0.4, -0.2) is 11.9 Å². The van der Waals surface area contributed by atoms with Crippen molar-refractivity contribution in [3.05, 3.63) is 75.1 Å². The van der Waals surface area contributed by atoms with Crippen molar-refractivity contribution >= 4 is 16.8 Å². The number of rotatable bonds is 5. The lowest BCUT2D eigenvalue weighted by atomic mass is 10.0. The molecule has 0 aliphatic heterocycles. The zero-order chi connectivity index (χ0) is 18.8. The fourth-order valence-electron chi connectivity index (χ4n) is 3.19. The lowest BCUT2D eigenvalue weighted by Crippen LogP contribution is -2.24. The molecule has 0 N–H and O–H groups in total. The molecule has 0 aliphatic carbocycles. The molecule has 4 heteroatoms. The Morgan fingerprint density at radius 3 is 2.42 bits per heavy atom. The summed E-state index contributed by atoms with van der Waals surface area (Å²) in [7, 11) is 0. The van der Waals surface area contributed by atoms with Crippen molar-refractivity contribution in [2.45, 2.75) is 40.2 Å². The summed E-state index contributed by atoms with van der Waals surface area (Å²) in [6.45, 7) is 7.43. The summed E-state index contributed by atoms with van der Waals surface area (Å²) in [5, 5.41) is 0.897. The summed E-state index contributed by atoms with van der Waals surface area (Å²) in [5.74, 6) is 0.449. The van der Waals surface area contributed by atoms with Crippen LogP contribution in [0.5, 0.6) is 5.75 Å². The SMILES string of the molecule is CCc1c(C)c2ccc(O[C@H](C)C(=O)c3ccccc3)c(C)c2oc1=O. The molecule has 1 aromatic heterocycles. The number of carbonyl (C=O) groups excluding carboxylic acids is 1. The third-order valence-electron chi connectivity index (χ3n) is 4.74.